The number of halogens is 1. The van der Waals surface area contributed by atoms with Crippen LogP contribution in [0.3, 0.4) is 0 Å². The lowest BCUT2D eigenvalue weighted by molar-refractivity contribution is 0.112. The largest absolute Gasteiger partial charge is 0.488 e. The van der Waals surface area contributed by atoms with E-state index in [-0.39, 0.29) is 0 Å². The number of hydrogen-bond donors (Lipinski definition) is 1. The van der Waals surface area contributed by atoms with E-state index >= 15 is 0 Å². The molecule has 3 rings (SSSR count). The predicted octanol–water partition coefficient (Wildman–Crippen LogP) is 4.12. The maximum Gasteiger partial charge on any atom is 0.153 e. The van der Waals surface area contributed by atoms with Gasteiger partial charge in [0.15, 0.2) is 6.29 Å². The van der Waals surface area contributed by atoms with E-state index in [1.807, 2.05) is 30.3 Å². The standard InChI is InChI=1S/C17H13ClN2O2/c18-14-6-7-16(22-11-12-4-2-1-3-5-12)15(8-14)17-13(10-21)9-19-20-17/h1-10H,11H2,(H,19,20). The minimum Gasteiger partial charge on any atom is -0.488 e. The molecule has 0 aliphatic heterocycles. The van der Waals surface area contributed by atoms with Crippen LogP contribution in [0.5, 0.6) is 5.75 Å². The van der Waals surface area contributed by atoms with E-state index in [9.17, 15) is 4.79 Å². The molecule has 1 aromatic heterocycles. The second-order valence-electron chi connectivity index (χ2n) is 4.73. The molecule has 2 aromatic carbocycles. The molecule has 0 aliphatic carbocycles. The Bertz CT molecular complexity index is 784. The number of rotatable bonds is 5. The summed E-state index contributed by atoms with van der Waals surface area (Å²) in [5.74, 6) is 0.639. The van der Waals surface area contributed by atoms with Crippen molar-refractivity contribution in [3.63, 3.8) is 0 Å². The van der Waals surface area contributed by atoms with Gasteiger partial charge in [0.1, 0.15) is 12.4 Å². The lowest BCUT2D eigenvalue weighted by Crippen LogP contribution is -1.97. The molecular weight excluding hydrogens is 300 g/mol. The van der Waals surface area contributed by atoms with Crippen molar-refractivity contribution in [2.45, 2.75) is 6.61 Å². The molecule has 3 aromatic rings. The van der Waals surface area contributed by atoms with Gasteiger partial charge in [-0.25, -0.2) is 0 Å². The first-order valence-corrected chi connectivity index (χ1v) is 7.11. The number of ether oxygens (including phenoxy) is 1. The van der Waals surface area contributed by atoms with Gasteiger partial charge >= 0.3 is 0 Å². The highest BCUT2D eigenvalue weighted by Gasteiger charge is 2.13. The van der Waals surface area contributed by atoms with Crippen LogP contribution in [0.25, 0.3) is 11.3 Å². The molecule has 22 heavy (non-hydrogen) atoms. The molecule has 1 heterocycles. The zero-order valence-corrected chi connectivity index (χ0v) is 12.4. The van der Waals surface area contributed by atoms with Crippen LogP contribution in [0.4, 0.5) is 0 Å². The Hall–Kier alpha value is -2.59. The third-order valence-electron chi connectivity index (χ3n) is 3.24. The lowest BCUT2D eigenvalue weighted by Gasteiger charge is -2.11. The summed E-state index contributed by atoms with van der Waals surface area (Å²) >= 11 is 6.07. The second kappa shape index (κ2) is 6.45. The molecule has 0 fully saturated rings. The summed E-state index contributed by atoms with van der Waals surface area (Å²) in [6.07, 6.45) is 2.23. The molecule has 0 radical (unpaired) electrons. The van der Waals surface area contributed by atoms with Crippen molar-refractivity contribution in [2.24, 2.45) is 0 Å². The van der Waals surface area contributed by atoms with Crippen LogP contribution < -0.4 is 4.74 Å². The van der Waals surface area contributed by atoms with Crippen LogP contribution in [0.15, 0.2) is 54.7 Å². The fraction of sp³-hybridized carbons (Fsp3) is 0.0588. The first-order valence-electron chi connectivity index (χ1n) is 6.73. The number of H-pyrrole nitrogens is 1. The third-order valence-corrected chi connectivity index (χ3v) is 3.48. The zero-order chi connectivity index (χ0) is 15.4. The Balaban J connectivity index is 1.93. The lowest BCUT2D eigenvalue weighted by atomic mass is 10.1. The van der Waals surface area contributed by atoms with Crippen LogP contribution in [0.2, 0.25) is 5.02 Å². The zero-order valence-electron chi connectivity index (χ0n) is 11.6. The number of aromatic amines is 1. The summed E-state index contributed by atoms with van der Waals surface area (Å²) in [5.41, 5.74) is 2.83. The van der Waals surface area contributed by atoms with Gasteiger partial charge in [0.2, 0.25) is 0 Å². The first kappa shape index (κ1) is 14.4. The number of carbonyl (C=O) groups is 1. The molecule has 4 nitrogen and oxygen atoms in total. The van der Waals surface area contributed by atoms with Crippen LogP contribution >= 0.6 is 11.6 Å². The van der Waals surface area contributed by atoms with Gasteiger partial charge < -0.3 is 4.74 Å². The molecule has 1 N–H and O–H groups in total. The van der Waals surface area contributed by atoms with Crippen molar-refractivity contribution >= 4 is 17.9 Å². The summed E-state index contributed by atoms with van der Waals surface area (Å²) < 4.78 is 5.88. The van der Waals surface area contributed by atoms with E-state index in [4.69, 9.17) is 16.3 Å². The van der Waals surface area contributed by atoms with Gasteiger partial charge in [-0.15, -0.1) is 0 Å². The molecule has 0 saturated heterocycles. The molecule has 0 aliphatic rings. The monoisotopic (exact) mass is 312 g/mol. The number of nitrogens with zero attached hydrogens (tertiary/aromatic N) is 1. The maximum atomic E-state index is 11.1. The van der Waals surface area contributed by atoms with Gasteiger partial charge in [0.25, 0.3) is 0 Å². The van der Waals surface area contributed by atoms with Gasteiger partial charge in [-0.1, -0.05) is 41.9 Å². The van der Waals surface area contributed by atoms with E-state index in [0.29, 0.717) is 34.2 Å². The molecule has 5 heteroatoms. The van der Waals surface area contributed by atoms with Crippen molar-refractivity contribution in [3.8, 4) is 17.0 Å². The number of carbonyl (C=O) groups excluding carboxylic acids is 1. The van der Waals surface area contributed by atoms with Crippen LogP contribution in [0.1, 0.15) is 15.9 Å². The summed E-state index contributed by atoms with van der Waals surface area (Å²) in [7, 11) is 0. The third kappa shape index (κ3) is 3.02. The molecule has 0 atom stereocenters. The van der Waals surface area contributed by atoms with Crippen molar-refractivity contribution < 1.29 is 9.53 Å². The molecule has 0 unspecified atom stereocenters. The number of aromatic nitrogens is 2. The quantitative estimate of drug-likeness (QED) is 0.721. The Kier molecular flexibility index (Phi) is 4.21. The maximum absolute atomic E-state index is 11.1. The van der Waals surface area contributed by atoms with Gasteiger partial charge in [0.05, 0.1) is 17.5 Å². The van der Waals surface area contributed by atoms with Crippen molar-refractivity contribution in [3.05, 3.63) is 70.9 Å². The number of hydrogen-bond acceptors (Lipinski definition) is 3. The second-order valence-corrected chi connectivity index (χ2v) is 5.17. The van der Waals surface area contributed by atoms with Crippen molar-refractivity contribution in [2.75, 3.05) is 0 Å². The first-order chi connectivity index (χ1) is 10.8. The minimum absolute atomic E-state index is 0.431. The SMILES string of the molecule is O=Cc1cn[nH]c1-c1cc(Cl)ccc1OCc1ccccc1. The van der Waals surface area contributed by atoms with Gasteiger partial charge in [0, 0.05) is 10.6 Å². The Morgan fingerprint density at radius 3 is 2.77 bits per heavy atom. The van der Waals surface area contributed by atoms with Crippen LogP contribution in [-0.2, 0) is 6.61 Å². The molecule has 0 spiro atoms. The number of aldehydes is 1. The smallest absolute Gasteiger partial charge is 0.153 e. The molecular formula is C17H13ClN2O2. The normalized spacial score (nSPS) is 10.4. The average molecular weight is 313 g/mol. The van der Waals surface area contributed by atoms with Crippen molar-refractivity contribution in [1.29, 1.82) is 0 Å². The van der Waals surface area contributed by atoms with Gasteiger partial charge in [-0.3, -0.25) is 9.89 Å². The van der Waals surface area contributed by atoms with E-state index in [1.54, 1.807) is 18.2 Å². The van der Waals surface area contributed by atoms with E-state index in [1.165, 1.54) is 6.20 Å². The Morgan fingerprint density at radius 2 is 2.00 bits per heavy atom. The van der Waals surface area contributed by atoms with Crippen LogP contribution in [-0.4, -0.2) is 16.5 Å². The summed E-state index contributed by atoms with van der Waals surface area (Å²) in [6.45, 7) is 0.431. The van der Waals surface area contributed by atoms with E-state index in [2.05, 4.69) is 10.2 Å². The van der Waals surface area contributed by atoms with E-state index < -0.39 is 0 Å². The van der Waals surface area contributed by atoms with Crippen molar-refractivity contribution in [1.82, 2.24) is 10.2 Å². The highest BCUT2D eigenvalue weighted by Crippen LogP contribution is 2.33. The number of benzene rings is 2. The van der Waals surface area contributed by atoms with Gasteiger partial charge in [-0.05, 0) is 23.8 Å². The predicted molar refractivity (Wildman–Crippen MR) is 85.2 cm³/mol. The van der Waals surface area contributed by atoms with Crippen LogP contribution in [0, 0.1) is 0 Å². The van der Waals surface area contributed by atoms with E-state index in [0.717, 1.165) is 11.8 Å². The number of nitrogens with one attached hydrogen (secondary N) is 1. The topological polar surface area (TPSA) is 55.0 Å². The average Bonchev–Trinajstić information content (AvgIpc) is 3.03. The van der Waals surface area contributed by atoms with Gasteiger partial charge in [-0.2, -0.15) is 5.10 Å². The fourth-order valence-corrected chi connectivity index (χ4v) is 2.33. The molecule has 0 saturated carbocycles. The highest BCUT2D eigenvalue weighted by molar-refractivity contribution is 6.31. The molecule has 0 bridgehead atoms. The minimum atomic E-state index is 0.431. The summed E-state index contributed by atoms with van der Waals surface area (Å²) in [6, 6.07) is 15.1. The summed E-state index contributed by atoms with van der Waals surface area (Å²) in [5, 5.41) is 7.29. The molecule has 110 valence electrons. The fourth-order valence-electron chi connectivity index (χ4n) is 2.16. The Morgan fingerprint density at radius 1 is 1.18 bits per heavy atom. The molecule has 0 amide bonds. The highest BCUT2D eigenvalue weighted by atomic mass is 35.5. The summed E-state index contributed by atoms with van der Waals surface area (Å²) in [4.78, 5) is 11.1. The Labute approximate surface area is 132 Å².